The Labute approximate surface area is 109 Å². The summed E-state index contributed by atoms with van der Waals surface area (Å²) in [5.74, 6) is -13.1. The Kier molecular flexibility index (Phi) is 6.78. The second kappa shape index (κ2) is 6.52. The summed E-state index contributed by atoms with van der Waals surface area (Å²) in [6, 6.07) is -1.44. The molecule has 3 N–H and O–H groups in total. The molecule has 0 saturated heterocycles. The minimum absolute atomic E-state index is 0.826. The van der Waals surface area contributed by atoms with Crippen molar-refractivity contribution in [2.24, 2.45) is 5.73 Å². The SMILES string of the molecule is FC(F)C(F)(F)C(F)(F)C(F)(F)F.NC(=O)NS(=O)(=O)F. The van der Waals surface area contributed by atoms with E-state index in [-0.39, 0.29) is 0 Å². The third-order valence-corrected chi connectivity index (χ3v) is 1.72. The number of primary amides is 1. The standard InChI is InChI=1S/C4HF9.CH3FN2O3S/c5-1(6)2(7,8)3(9,10)4(11,12)13;2-8(6,7)4-1(3)5/h1H;(H3,3,4,5). The van der Waals surface area contributed by atoms with Crippen LogP contribution in [0.5, 0.6) is 0 Å². The molecule has 21 heavy (non-hydrogen) atoms. The molecule has 0 aliphatic heterocycles. The minimum atomic E-state index is -6.73. The van der Waals surface area contributed by atoms with E-state index in [9.17, 15) is 56.6 Å². The highest BCUT2D eigenvalue weighted by atomic mass is 32.3. The lowest BCUT2D eigenvalue weighted by Gasteiger charge is -2.27. The zero-order valence-corrected chi connectivity index (χ0v) is 9.88. The fourth-order valence-electron chi connectivity index (χ4n) is 0.446. The van der Waals surface area contributed by atoms with E-state index in [1.807, 2.05) is 0 Å². The molecule has 0 bridgehead atoms. The molecule has 0 fully saturated rings. The Morgan fingerprint density at radius 1 is 1.00 bits per heavy atom. The number of nitrogens with one attached hydrogen (secondary N) is 1. The van der Waals surface area contributed by atoms with Crippen LogP contribution in [-0.2, 0) is 10.4 Å². The molecule has 0 aliphatic rings. The maximum atomic E-state index is 11.6. The topological polar surface area (TPSA) is 89.3 Å². The van der Waals surface area contributed by atoms with Gasteiger partial charge in [0.1, 0.15) is 0 Å². The zero-order valence-electron chi connectivity index (χ0n) is 9.07. The molecular formula is C5H4F10N2O3S. The molecule has 0 aromatic carbocycles. The van der Waals surface area contributed by atoms with E-state index in [0.717, 1.165) is 4.72 Å². The first-order valence-corrected chi connectivity index (χ1v) is 5.37. The lowest BCUT2D eigenvalue weighted by atomic mass is 10.2. The van der Waals surface area contributed by atoms with Crippen molar-refractivity contribution in [2.75, 3.05) is 0 Å². The average Bonchev–Trinajstić information content (AvgIpc) is 2.11. The Hall–Kier alpha value is -1.48. The number of hydrogen-bond donors (Lipinski definition) is 2. The predicted molar refractivity (Wildman–Crippen MR) is 44.7 cm³/mol. The van der Waals surface area contributed by atoms with Crippen LogP contribution in [0.2, 0.25) is 0 Å². The third kappa shape index (κ3) is 6.67. The number of carbonyl (C=O) groups excluding carboxylic acids is 1. The van der Waals surface area contributed by atoms with Gasteiger partial charge in [-0.05, 0) is 0 Å². The van der Waals surface area contributed by atoms with Gasteiger partial charge in [0.2, 0.25) is 0 Å². The van der Waals surface area contributed by atoms with E-state index < -0.39 is 40.9 Å². The minimum Gasteiger partial charge on any atom is -0.351 e. The Morgan fingerprint density at radius 2 is 1.33 bits per heavy atom. The van der Waals surface area contributed by atoms with E-state index in [2.05, 4.69) is 5.73 Å². The largest absolute Gasteiger partial charge is 0.460 e. The Bertz CT molecular complexity index is 458. The number of halogens is 10. The molecular weight excluding hydrogens is 358 g/mol. The molecule has 0 aromatic rings. The number of amides is 2. The summed E-state index contributed by atoms with van der Waals surface area (Å²) in [7, 11) is -4.95. The fourth-order valence-corrected chi connectivity index (χ4v) is 0.686. The van der Waals surface area contributed by atoms with Crippen molar-refractivity contribution in [3.8, 4) is 0 Å². The quantitative estimate of drug-likeness (QED) is 0.594. The molecule has 0 saturated carbocycles. The smallest absolute Gasteiger partial charge is 0.351 e. The molecule has 0 unspecified atom stereocenters. The number of hydrogen-bond acceptors (Lipinski definition) is 3. The summed E-state index contributed by atoms with van der Waals surface area (Å²) in [6.07, 6.45) is -11.8. The normalized spacial score (nSPS) is 13.5. The fraction of sp³-hybridized carbons (Fsp3) is 0.800. The van der Waals surface area contributed by atoms with Gasteiger partial charge in [0.05, 0.1) is 0 Å². The van der Waals surface area contributed by atoms with Crippen molar-refractivity contribution in [3.63, 3.8) is 0 Å². The van der Waals surface area contributed by atoms with Crippen LogP contribution in [0, 0.1) is 0 Å². The first kappa shape index (κ1) is 21.8. The van der Waals surface area contributed by atoms with Crippen molar-refractivity contribution >= 4 is 16.4 Å². The van der Waals surface area contributed by atoms with Gasteiger partial charge in [0, 0.05) is 0 Å². The highest BCUT2D eigenvalue weighted by molar-refractivity contribution is 7.84. The molecule has 0 heterocycles. The van der Waals surface area contributed by atoms with E-state index in [1.54, 1.807) is 0 Å². The van der Waals surface area contributed by atoms with Crippen molar-refractivity contribution in [1.82, 2.24) is 4.72 Å². The molecule has 16 heteroatoms. The van der Waals surface area contributed by atoms with Gasteiger partial charge in [-0.25, -0.2) is 18.3 Å². The van der Waals surface area contributed by atoms with Crippen molar-refractivity contribution in [3.05, 3.63) is 0 Å². The zero-order chi connectivity index (χ0) is 17.9. The van der Waals surface area contributed by atoms with Gasteiger partial charge in [-0.2, -0.15) is 39.2 Å². The van der Waals surface area contributed by atoms with Crippen molar-refractivity contribution in [2.45, 2.75) is 24.4 Å². The summed E-state index contributed by atoms with van der Waals surface area (Å²) in [4.78, 5) is 9.51. The summed E-state index contributed by atoms with van der Waals surface area (Å²) in [5.41, 5.74) is 4.21. The van der Waals surface area contributed by atoms with Gasteiger partial charge in [-0.15, -0.1) is 0 Å². The lowest BCUT2D eigenvalue weighted by molar-refractivity contribution is -0.375. The first-order valence-electron chi connectivity index (χ1n) is 3.98. The average molecular weight is 362 g/mol. The van der Waals surface area contributed by atoms with Crippen LogP contribution in [0.3, 0.4) is 0 Å². The van der Waals surface area contributed by atoms with E-state index in [1.165, 1.54) is 0 Å². The second-order valence-corrected chi connectivity index (χ2v) is 3.98. The molecule has 128 valence electrons. The molecule has 0 aliphatic carbocycles. The van der Waals surface area contributed by atoms with Crippen LogP contribution in [-0.4, -0.2) is 38.9 Å². The van der Waals surface area contributed by atoms with Crippen LogP contribution < -0.4 is 10.5 Å². The van der Waals surface area contributed by atoms with Crippen LogP contribution in [0.4, 0.5) is 48.2 Å². The number of nitrogens with two attached hydrogens (primary N) is 1. The van der Waals surface area contributed by atoms with Crippen LogP contribution >= 0.6 is 0 Å². The van der Waals surface area contributed by atoms with E-state index in [0.29, 0.717) is 0 Å². The predicted octanol–water partition coefficient (Wildman–Crippen LogP) is 1.95. The van der Waals surface area contributed by atoms with E-state index >= 15 is 0 Å². The van der Waals surface area contributed by atoms with Crippen LogP contribution in [0.15, 0.2) is 0 Å². The monoisotopic (exact) mass is 362 g/mol. The molecule has 0 aromatic heterocycles. The number of rotatable bonds is 3. The molecule has 2 amide bonds. The van der Waals surface area contributed by atoms with Crippen molar-refractivity contribution < 1.29 is 56.6 Å². The Balaban J connectivity index is 0. The van der Waals surface area contributed by atoms with Crippen LogP contribution in [0.1, 0.15) is 0 Å². The third-order valence-electron chi connectivity index (χ3n) is 1.27. The second-order valence-electron chi connectivity index (χ2n) is 2.90. The Morgan fingerprint density at radius 3 is 1.38 bits per heavy atom. The summed E-state index contributed by atoms with van der Waals surface area (Å²) in [6.45, 7) is 0. The number of carbonyl (C=O) groups is 1. The molecule has 0 spiro atoms. The molecule has 0 rings (SSSR count). The van der Waals surface area contributed by atoms with Gasteiger partial charge >= 0.3 is 40.9 Å². The summed E-state index contributed by atoms with van der Waals surface area (Å²) < 4.78 is 133. The van der Waals surface area contributed by atoms with Gasteiger partial charge in [0.15, 0.2) is 0 Å². The number of alkyl halides is 9. The maximum absolute atomic E-state index is 11.6. The van der Waals surface area contributed by atoms with Crippen molar-refractivity contribution in [1.29, 1.82) is 0 Å². The lowest BCUT2D eigenvalue weighted by Crippen LogP contribution is -2.55. The van der Waals surface area contributed by atoms with Gasteiger partial charge < -0.3 is 5.73 Å². The van der Waals surface area contributed by atoms with E-state index in [4.69, 9.17) is 0 Å². The number of urea groups is 1. The van der Waals surface area contributed by atoms with Gasteiger partial charge in [0.25, 0.3) is 0 Å². The molecule has 0 radical (unpaired) electrons. The summed E-state index contributed by atoms with van der Waals surface area (Å²) >= 11 is 0. The maximum Gasteiger partial charge on any atom is 0.460 e. The molecule has 5 nitrogen and oxygen atoms in total. The molecule has 0 atom stereocenters. The van der Waals surface area contributed by atoms with Gasteiger partial charge in [-0.1, -0.05) is 3.89 Å². The summed E-state index contributed by atoms with van der Waals surface area (Å²) in [5, 5.41) is 0. The van der Waals surface area contributed by atoms with Crippen LogP contribution in [0.25, 0.3) is 0 Å². The highest BCUT2D eigenvalue weighted by Crippen LogP contribution is 2.48. The first-order chi connectivity index (χ1) is 8.86. The highest BCUT2D eigenvalue weighted by Gasteiger charge is 2.76. The van der Waals surface area contributed by atoms with Gasteiger partial charge in [-0.3, -0.25) is 0 Å².